The standard InChI is InChI=1S/C23H21F3N6O2/c1-14-15(3-2-4-17(14)23(24,25)26)9-20-19(12-33)29-22-16(18-11-27-13-28-18)10-21(30-32(20)22)31-5-7-34-8-6-31/h2-4,10-13H,5-9H2,1H3,(H,27,28). The van der Waals surface area contributed by atoms with Crippen LogP contribution >= 0.6 is 0 Å². The number of rotatable bonds is 5. The molecule has 0 saturated carbocycles. The van der Waals surface area contributed by atoms with Crippen LogP contribution in [0.2, 0.25) is 0 Å². The summed E-state index contributed by atoms with van der Waals surface area (Å²) in [5.41, 5.74) is 2.19. The zero-order chi connectivity index (χ0) is 23.9. The van der Waals surface area contributed by atoms with Crippen LogP contribution < -0.4 is 4.90 Å². The molecule has 1 aromatic carbocycles. The molecule has 0 radical (unpaired) electrons. The average molecular weight is 470 g/mol. The number of carbonyl (C=O) groups is 1. The van der Waals surface area contributed by atoms with E-state index in [1.165, 1.54) is 19.3 Å². The van der Waals surface area contributed by atoms with Gasteiger partial charge in [-0.2, -0.15) is 13.2 Å². The van der Waals surface area contributed by atoms with Crippen molar-refractivity contribution in [2.24, 2.45) is 0 Å². The van der Waals surface area contributed by atoms with Gasteiger partial charge in [-0.25, -0.2) is 14.5 Å². The molecule has 0 amide bonds. The van der Waals surface area contributed by atoms with Crippen molar-refractivity contribution < 1.29 is 22.7 Å². The lowest BCUT2D eigenvalue weighted by atomic mass is 9.98. The van der Waals surface area contributed by atoms with Gasteiger partial charge in [0, 0.05) is 25.1 Å². The highest BCUT2D eigenvalue weighted by Gasteiger charge is 2.33. The Balaban J connectivity index is 1.69. The monoisotopic (exact) mass is 470 g/mol. The van der Waals surface area contributed by atoms with Gasteiger partial charge in [0.2, 0.25) is 0 Å². The number of hydrogen-bond acceptors (Lipinski definition) is 6. The number of benzene rings is 1. The van der Waals surface area contributed by atoms with Gasteiger partial charge in [-0.3, -0.25) is 4.79 Å². The molecule has 11 heteroatoms. The Labute approximate surface area is 192 Å². The van der Waals surface area contributed by atoms with Gasteiger partial charge in [-0.05, 0) is 30.2 Å². The van der Waals surface area contributed by atoms with Gasteiger partial charge in [-0.1, -0.05) is 12.1 Å². The van der Waals surface area contributed by atoms with Crippen molar-refractivity contribution in [3.05, 3.63) is 64.9 Å². The van der Waals surface area contributed by atoms with E-state index in [2.05, 4.69) is 19.9 Å². The first-order valence-corrected chi connectivity index (χ1v) is 10.7. The Bertz CT molecular complexity index is 1340. The highest BCUT2D eigenvalue weighted by Crippen LogP contribution is 2.34. The number of halogens is 3. The van der Waals surface area contributed by atoms with Crippen LogP contribution in [0.25, 0.3) is 16.9 Å². The first-order valence-electron chi connectivity index (χ1n) is 10.7. The Morgan fingerprint density at radius 1 is 1.24 bits per heavy atom. The third kappa shape index (κ3) is 3.92. The molecule has 5 rings (SSSR count). The zero-order valence-corrected chi connectivity index (χ0v) is 18.3. The number of fused-ring (bicyclic) bond motifs is 1. The quantitative estimate of drug-likeness (QED) is 0.448. The fourth-order valence-corrected chi connectivity index (χ4v) is 4.24. The van der Waals surface area contributed by atoms with E-state index in [4.69, 9.17) is 9.84 Å². The highest BCUT2D eigenvalue weighted by molar-refractivity contribution is 5.82. The number of nitrogens with zero attached hydrogens (tertiary/aromatic N) is 5. The number of aldehydes is 1. The molecule has 4 heterocycles. The maximum absolute atomic E-state index is 13.5. The van der Waals surface area contributed by atoms with Gasteiger partial charge in [0.15, 0.2) is 17.8 Å². The number of hydrogen-bond donors (Lipinski definition) is 1. The minimum absolute atomic E-state index is 0.0625. The fourth-order valence-electron chi connectivity index (χ4n) is 4.24. The maximum Gasteiger partial charge on any atom is 0.416 e. The first-order chi connectivity index (χ1) is 16.4. The summed E-state index contributed by atoms with van der Waals surface area (Å²) in [4.78, 5) is 25.6. The molecular weight excluding hydrogens is 449 g/mol. The van der Waals surface area contributed by atoms with Gasteiger partial charge >= 0.3 is 6.18 Å². The number of nitrogens with one attached hydrogen (secondary N) is 1. The molecule has 0 spiro atoms. The topological polar surface area (TPSA) is 88.4 Å². The summed E-state index contributed by atoms with van der Waals surface area (Å²) in [6, 6.07) is 5.92. The normalized spacial score (nSPS) is 14.6. The lowest BCUT2D eigenvalue weighted by Crippen LogP contribution is -2.37. The van der Waals surface area contributed by atoms with E-state index in [0.717, 1.165) is 6.07 Å². The lowest BCUT2D eigenvalue weighted by Gasteiger charge is -2.28. The van der Waals surface area contributed by atoms with Crippen molar-refractivity contribution in [1.29, 1.82) is 0 Å². The summed E-state index contributed by atoms with van der Waals surface area (Å²) in [5.74, 6) is 0.650. The van der Waals surface area contributed by atoms with Crippen molar-refractivity contribution >= 4 is 17.8 Å². The van der Waals surface area contributed by atoms with Crippen molar-refractivity contribution in [2.75, 3.05) is 31.2 Å². The molecule has 8 nitrogen and oxygen atoms in total. The lowest BCUT2D eigenvalue weighted by molar-refractivity contribution is -0.138. The fraction of sp³-hybridized carbons (Fsp3) is 0.304. The number of alkyl halides is 3. The van der Waals surface area contributed by atoms with Gasteiger partial charge < -0.3 is 14.6 Å². The summed E-state index contributed by atoms with van der Waals surface area (Å²) in [7, 11) is 0. The Kier molecular flexibility index (Phi) is 5.56. The Hall–Kier alpha value is -3.73. The van der Waals surface area contributed by atoms with E-state index in [1.54, 1.807) is 16.8 Å². The molecule has 1 N–H and O–H groups in total. The van der Waals surface area contributed by atoms with E-state index in [0.29, 0.717) is 66.6 Å². The summed E-state index contributed by atoms with van der Waals surface area (Å²) in [6.07, 6.45) is -0.616. The maximum atomic E-state index is 13.5. The predicted molar refractivity (Wildman–Crippen MR) is 118 cm³/mol. The molecule has 0 atom stereocenters. The number of H-pyrrole nitrogens is 1. The van der Waals surface area contributed by atoms with E-state index in [-0.39, 0.29) is 17.7 Å². The van der Waals surface area contributed by atoms with E-state index in [9.17, 15) is 18.0 Å². The second-order valence-corrected chi connectivity index (χ2v) is 8.04. The van der Waals surface area contributed by atoms with Crippen LogP contribution in [0.15, 0.2) is 36.8 Å². The first kappa shape index (κ1) is 22.1. The Morgan fingerprint density at radius 3 is 2.71 bits per heavy atom. The third-order valence-corrected chi connectivity index (χ3v) is 6.04. The number of morpholine rings is 1. The zero-order valence-electron chi connectivity index (χ0n) is 18.3. The molecular formula is C23H21F3N6O2. The largest absolute Gasteiger partial charge is 0.416 e. The van der Waals surface area contributed by atoms with Crippen molar-refractivity contribution in [2.45, 2.75) is 19.5 Å². The summed E-state index contributed by atoms with van der Waals surface area (Å²) < 4.78 is 47.4. The summed E-state index contributed by atoms with van der Waals surface area (Å²) in [6.45, 7) is 3.82. The molecule has 3 aromatic heterocycles. The molecule has 1 aliphatic rings. The highest BCUT2D eigenvalue weighted by atomic mass is 19.4. The van der Waals surface area contributed by atoms with Crippen LogP contribution in [0.3, 0.4) is 0 Å². The second-order valence-electron chi connectivity index (χ2n) is 8.04. The number of carbonyl (C=O) groups excluding carboxylic acids is 1. The predicted octanol–water partition coefficient (Wildman–Crippen LogP) is 3.69. The van der Waals surface area contributed by atoms with Crippen LogP contribution in [-0.2, 0) is 17.3 Å². The average Bonchev–Trinajstić information content (AvgIpc) is 3.48. The van der Waals surface area contributed by atoms with E-state index >= 15 is 0 Å². The van der Waals surface area contributed by atoms with Crippen LogP contribution in [-0.4, -0.2) is 57.2 Å². The van der Waals surface area contributed by atoms with Gasteiger partial charge in [0.1, 0.15) is 5.69 Å². The molecule has 34 heavy (non-hydrogen) atoms. The summed E-state index contributed by atoms with van der Waals surface area (Å²) in [5, 5.41) is 4.74. The second kappa shape index (κ2) is 8.56. The molecule has 1 fully saturated rings. The molecule has 0 aliphatic carbocycles. The minimum atomic E-state index is -4.47. The van der Waals surface area contributed by atoms with Crippen molar-refractivity contribution in [1.82, 2.24) is 24.6 Å². The SMILES string of the molecule is Cc1c(Cc2c(C=O)nc3c(-c4cnc[nH]4)cc(N4CCOCC4)nn23)cccc1C(F)(F)F. The Morgan fingerprint density at radius 2 is 2.03 bits per heavy atom. The van der Waals surface area contributed by atoms with E-state index in [1.807, 2.05) is 6.07 Å². The molecule has 0 bridgehead atoms. The number of imidazole rings is 2. The molecule has 1 saturated heterocycles. The summed E-state index contributed by atoms with van der Waals surface area (Å²) >= 11 is 0. The molecule has 1 aliphatic heterocycles. The molecule has 0 unspecified atom stereocenters. The van der Waals surface area contributed by atoms with Gasteiger partial charge in [0.25, 0.3) is 0 Å². The van der Waals surface area contributed by atoms with E-state index < -0.39 is 11.7 Å². The minimum Gasteiger partial charge on any atom is -0.378 e. The van der Waals surface area contributed by atoms with Crippen molar-refractivity contribution in [3.8, 4) is 11.3 Å². The van der Waals surface area contributed by atoms with Crippen LogP contribution in [0.4, 0.5) is 19.0 Å². The molecule has 176 valence electrons. The van der Waals surface area contributed by atoms with Gasteiger partial charge in [0.05, 0.1) is 42.7 Å². The van der Waals surface area contributed by atoms with Crippen molar-refractivity contribution in [3.63, 3.8) is 0 Å². The smallest absolute Gasteiger partial charge is 0.378 e. The van der Waals surface area contributed by atoms with Gasteiger partial charge in [-0.15, -0.1) is 5.10 Å². The van der Waals surface area contributed by atoms with Crippen LogP contribution in [0.5, 0.6) is 0 Å². The third-order valence-electron chi connectivity index (χ3n) is 6.04. The number of aromatic nitrogens is 5. The number of ether oxygens (including phenoxy) is 1. The van der Waals surface area contributed by atoms with Crippen LogP contribution in [0.1, 0.15) is 32.9 Å². The molecule has 4 aromatic rings. The van der Waals surface area contributed by atoms with Crippen LogP contribution in [0, 0.1) is 6.92 Å². The number of aromatic amines is 1. The number of anilines is 1.